The second-order valence-corrected chi connectivity index (χ2v) is 14.4. The molecule has 5 amide bonds. The number of Topliss-reactive ketones (excluding diaryl/α,β-unsaturated/α-hetero) is 1. The van der Waals surface area contributed by atoms with Crippen molar-refractivity contribution in [2.75, 3.05) is 6.54 Å². The van der Waals surface area contributed by atoms with Gasteiger partial charge >= 0.3 is 0 Å². The van der Waals surface area contributed by atoms with Gasteiger partial charge in [0, 0.05) is 25.0 Å². The van der Waals surface area contributed by atoms with Crippen LogP contribution in [0.15, 0.2) is 18.6 Å². The lowest BCUT2D eigenvalue weighted by Gasteiger charge is -2.37. The molecule has 1 saturated heterocycles. The summed E-state index contributed by atoms with van der Waals surface area (Å²) in [7, 11) is 0. The maximum atomic E-state index is 14.4. The number of nitrogens with zero attached hydrogens (tertiary/aromatic N) is 3. The van der Waals surface area contributed by atoms with Gasteiger partial charge in [0.1, 0.15) is 23.8 Å². The van der Waals surface area contributed by atoms with E-state index in [1.54, 1.807) is 25.7 Å². The van der Waals surface area contributed by atoms with Crippen LogP contribution in [0.3, 0.4) is 0 Å². The Morgan fingerprint density at radius 2 is 1.66 bits per heavy atom. The number of carbonyl (C=O) groups excluding carboxylic acids is 6. The zero-order chi connectivity index (χ0) is 35.1. The number of ketones is 1. The van der Waals surface area contributed by atoms with E-state index in [1.807, 2.05) is 34.6 Å². The highest BCUT2D eigenvalue weighted by molar-refractivity contribution is 6.38. The van der Waals surface area contributed by atoms with E-state index >= 15 is 0 Å². The molecule has 1 aliphatic heterocycles. The van der Waals surface area contributed by atoms with Gasteiger partial charge in [0.15, 0.2) is 0 Å². The van der Waals surface area contributed by atoms with Crippen molar-refractivity contribution < 1.29 is 28.8 Å². The quantitative estimate of drug-likeness (QED) is 0.220. The van der Waals surface area contributed by atoms with E-state index in [-0.39, 0.29) is 35.9 Å². The summed E-state index contributed by atoms with van der Waals surface area (Å²) in [5, 5.41) is 11.1. The fraction of sp³-hybridized carbons (Fsp3) is 0.706. The molecule has 260 valence electrons. The Labute approximate surface area is 278 Å². The van der Waals surface area contributed by atoms with Crippen molar-refractivity contribution in [3.63, 3.8) is 0 Å². The molecule has 0 bridgehead atoms. The van der Waals surface area contributed by atoms with Crippen molar-refractivity contribution in [3.8, 4) is 0 Å². The topological polar surface area (TPSA) is 180 Å². The summed E-state index contributed by atoms with van der Waals surface area (Å²) >= 11 is 0. The number of likely N-dealkylation sites (tertiary alicyclic amines) is 1. The second-order valence-electron chi connectivity index (χ2n) is 14.4. The molecular formula is C34H53N7O6. The Morgan fingerprint density at radius 3 is 2.23 bits per heavy atom. The summed E-state index contributed by atoms with van der Waals surface area (Å²) < 4.78 is 0. The molecule has 7 atom stereocenters. The van der Waals surface area contributed by atoms with Crippen LogP contribution in [0.25, 0.3) is 0 Å². The van der Waals surface area contributed by atoms with Crippen LogP contribution in [-0.2, 0) is 24.0 Å². The van der Waals surface area contributed by atoms with Crippen LogP contribution in [0.4, 0.5) is 0 Å². The van der Waals surface area contributed by atoms with Crippen LogP contribution in [0.5, 0.6) is 0 Å². The van der Waals surface area contributed by atoms with E-state index in [0.717, 1.165) is 19.3 Å². The zero-order valence-corrected chi connectivity index (χ0v) is 29.1. The van der Waals surface area contributed by atoms with Gasteiger partial charge in [-0.2, -0.15) is 0 Å². The lowest BCUT2D eigenvalue weighted by atomic mass is 9.85. The number of carbonyl (C=O) groups is 6. The van der Waals surface area contributed by atoms with E-state index in [1.165, 1.54) is 18.6 Å². The molecule has 13 nitrogen and oxygen atoms in total. The van der Waals surface area contributed by atoms with Crippen LogP contribution in [0.2, 0.25) is 0 Å². The molecule has 2 heterocycles. The molecule has 0 spiro atoms. The third kappa shape index (κ3) is 9.35. The van der Waals surface area contributed by atoms with Gasteiger partial charge in [-0.15, -0.1) is 0 Å². The number of hydrogen-bond acceptors (Lipinski definition) is 8. The predicted octanol–water partition coefficient (Wildman–Crippen LogP) is 2.16. The number of hydrogen-bond donors (Lipinski definition) is 4. The molecule has 13 heteroatoms. The molecule has 1 aromatic rings. The summed E-state index contributed by atoms with van der Waals surface area (Å²) in [5.41, 5.74) is -0.694. The van der Waals surface area contributed by atoms with Crippen molar-refractivity contribution in [2.24, 2.45) is 23.2 Å². The highest BCUT2D eigenvalue weighted by Crippen LogP contribution is 2.43. The summed E-state index contributed by atoms with van der Waals surface area (Å²) in [4.78, 5) is 90.3. The van der Waals surface area contributed by atoms with Crippen LogP contribution in [-0.4, -0.2) is 86.9 Å². The number of rotatable bonds is 14. The molecule has 0 aromatic carbocycles. The van der Waals surface area contributed by atoms with Gasteiger partial charge in [-0.05, 0) is 55.8 Å². The minimum Gasteiger partial charge on any atom is -0.347 e. The number of nitrogens with one attached hydrogen (secondary N) is 4. The summed E-state index contributed by atoms with van der Waals surface area (Å²) in [6.07, 6.45) is 8.18. The first-order valence-corrected chi connectivity index (χ1v) is 16.9. The van der Waals surface area contributed by atoms with Gasteiger partial charge in [0.05, 0.1) is 12.2 Å². The molecule has 47 heavy (non-hydrogen) atoms. The number of amides is 5. The van der Waals surface area contributed by atoms with Crippen LogP contribution in [0, 0.1) is 23.2 Å². The van der Waals surface area contributed by atoms with E-state index < -0.39 is 64.9 Å². The van der Waals surface area contributed by atoms with Crippen LogP contribution >= 0.6 is 0 Å². The maximum Gasteiger partial charge on any atom is 0.289 e. The third-order valence-electron chi connectivity index (χ3n) is 9.30. The molecule has 3 rings (SSSR count). The average Bonchev–Trinajstić information content (AvgIpc) is 3.62. The Morgan fingerprint density at radius 1 is 0.957 bits per heavy atom. The standard InChI is InChI=1S/C34H53N7O6/c1-9-12-23(27(42)32(46)37-20(5)10-2)38-31(45)26-22-14-11-13-21(22)18-41(26)33(47)28(34(6,7)8)40-30(44)25(19(3)4)39-29(43)24-17-35-15-16-36-24/h15-17,19-23,25-26,28H,9-14,18H2,1-8H3,(H,37,46)(H,38,45)(H,39,43)(H,40,44)/t20-,21+,22+,23?,25-,26+,28-/m1/s1. The van der Waals surface area contributed by atoms with E-state index in [2.05, 4.69) is 31.2 Å². The first-order valence-electron chi connectivity index (χ1n) is 16.9. The smallest absolute Gasteiger partial charge is 0.289 e. The van der Waals surface area contributed by atoms with Gasteiger partial charge in [0.2, 0.25) is 23.5 Å². The van der Waals surface area contributed by atoms with Gasteiger partial charge in [-0.3, -0.25) is 33.8 Å². The first kappa shape index (κ1) is 37.6. The fourth-order valence-corrected chi connectivity index (χ4v) is 6.45. The Hall–Kier alpha value is -3.90. The predicted molar refractivity (Wildman–Crippen MR) is 176 cm³/mol. The minimum atomic E-state index is -1.02. The highest BCUT2D eigenvalue weighted by Gasteiger charge is 2.52. The number of aromatic nitrogens is 2. The molecule has 1 aliphatic carbocycles. The SMILES string of the molecule is CCCC(NC(=O)[C@@H]1[C@H]2CCC[C@H]2CN1C(=O)[C@@H](NC(=O)[C@H](NC(=O)c1cnccn1)C(C)C)C(C)(C)C)C(=O)C(=O)N[C@H](C)CC. The monoisotopic (exact) mass is 655 g/mol. The van der Waals surface area contributed by atoms with Gasteiger partial charge in [-0.1, -0.05) is 61.3 Å². The maximum absolute atomic E-state index is 14.4. The number of fused-ring (bicyclic) bond motifs is 1. The van der Waals surface area contributed by atoms with Gasteiger partial charge < -0.3 is 26.2 Å². The summed E-state index contributed by atoms with van der Waals surface area (Å²) in [6, 6.07) is -4.04. The van der Waals surface area contributed by atoms with E-state index in [0.29, 0.717) is 19.4 Å². The highest BCUT2D eigenvalue weighted by atomic mass is 16.2. The minimum absolute atomic E-state index is 0.0593. The van der Waals surface area contributed by atoms with E-state index in [4.69, 9.17) is 0 Å². The molecule has 2 aliphatic rings. The Kier molecular flexibility index (Phi) is 13.0. The van der Waals surface area contributed by atoms with Crippen molar-refractivity contribution in [2.45, 2.75) is 124 Å². The molecule has 1 saturated carbocycles. The largest absolute Gasteiger partial charge is 0.347 e. The lowest BCUT2D eigenvalue weighted by molar-refractivity contribution is -0.146. The molecule has 1 unspecified atom stereocenters. The Bertz CT molecular complexity index is 1300. The van der Waals surface area contributed by atoms with Crippen LogP contribution in [0.1, 0.15) is 104 Å². The molecule has 2 fully saturated rings. The van der Waals surface area contributed by atoms with Crippen molar-refractivity contribution in [3.05, 3.63) is 24.3 Å². The summed E-state index contributed by atoms with van der Waals surface area (Å²) in [6.45, 7) is 15.0. The van der Waals surface area contributed by atoms with E-state index in [9.17, 15) is 28.8 Å². The van der Waals surface area contributed by atoms with Gasteiger partial charge in [0.25, 0.3) is 11.8 Å². The fourth-order valence-electron chi connectivity index (χ4n) is 6.45. The average molecular weight is 656 g/mol. The first-order chi connectivity index (χ1) is 22.1. The van der Waals surface area contributed by atoms with Crippen LogP contribution < -0.4 is 21.3 Å². The lowest BCUT2D eigenvalue weighted by Crippen LogP contribution is -2.62. The molecule has 1 aromatic heterocycles. The molecule has 4 N–H and O–H groups in total. The summed E-state index contributed by atoms with van der Waals surface area (Å²) in [5.74, 6) is -3.73. The zero-order valence-electron chi connectivity index (χ0n) is 29.1. The molecular weight excluding hydrogens is 602 g/mol. The molecule has 0 radical (unpaired) electrons. The normalized spacial score (nSPS) is 21.6. The second kappa shape index (κ2) is 16.3. The van der Waals surface area contributed by atoms with Crippen molar-refractivity contribution in [1.82, 2.24) is 36.1 Å². The van der Waals surface area contributed by atoms with Crippen molar-refractivity contribution >= 4 is 35.3 Å². The third-order valence-corrected chi connectivity index (χ3v) is 9.30. The van der Waals surface area contributed by atoms with Gasteiger partial charge in [-0.25, -0.2) is 4.98 Å². The Balaban J connectivity index is 1.85. The van der Waals surface area contributed by atoms with Crippen molar-refractivity contribution in [1.29, 1.82) is 0 Å².